The number of nitrogens with two attached hydrogens (primary N) is 1. The molecule has 2 amide bonds. The molecule has 0 aliphatic heterocycles. The maximum Gasteiger partial charge on any atom is 0.321 e. The van der Waals surface area contributed by atoms with Crippen molar-refractivity contribution in [3.05, 3.63) is 46.7 Å². The zero-order valence-corrected chi connectivity index (χ0v) is 10.9. The minimum atomic E-state index is -0.146. The van der Waals surface area contributed by atoms with Crippen LogP contribution in [-0.2, 0) is 6.54 Å². The van der Waals surface area contributed by atoms with Gasteiger partial charge in [-0.25, -0.2) is 4.79 Å². The van der Waals surface area contributed by atoms with Crippen LogP contribution in [0.5, 0.6) is 0 Å². The van der Waals surface area contributed by atoms with Gasteiger partial charge in [0, 0.05) is 25.0 Å². The van der Waals surface area contributed by atoms with E-state index < -0.39 is 0 Å². The third-order valence-electron chi connectivity index (χ3n) is 2.48. The van der Waals surface area contributed by atoms with Crippen LogP contribution in [0.25, 0.3) is 0 Å². The van der Waals surface area contributed by atoms with Gasteiger partial charge in [0.05, 0.1) is 0 Å². The van der Waals surface area contributed by atoms with Gasteiger partial charge in [-0.3, -0.25) is 0 Å². The van der Waals surface area contributed by atoms with Crippen molar-refractivity contribution < 1.29 is 4.79 Å². The fourth-order valence-corrected chi connectivity index (χ4v) is 2.22. The number of nitrogens with one attached hydrogen (secondary N) is 1. The number of carbonyl (C=O) groups excluding carboxylic acids is 1. The number of anilines is 2. The molecule has 2 rings (SSSR count). The molecular formula is C13H15N3OS. The predicted molar refractivity (Wildman–Crippen MR) is 75.7 cm³/mol. The fraction of sp³-hybridized carbons (Fsp3) is 0.154. The van der Waals surface area contributed by atoms with Crippen molar-refractivity contribution in [3.63, 3.8) is 0 Å². The van der Waals surface area contributed by atoms with Gasteiger partial charge in [0.15, 0.2) is 0 Å². The number of hydrogen-bond acceptors (Lipinski definition) is 3. The van der Waals surface area contributed by atoms with E-state index in [1.54, 1.807) is 35.4 Å². The van der Waals surface area contributed by atoms with Crippen molar-refractivity contribution in [2.24, 2.45) is 0 Å². The minimum absolute atomic E-state index is 0.146. The highest BCUT2D eigenvalue weighted by Crippen LogP contribution is 2.13. The molecule has 94 valence electrons. The van der Waals surface area contributed by atoms with Crippen molar-refractivity contribution in [2.45, 2.75) is 6.54 Å². The lowest BCUT2D eigenvalue weighted by Crippen LogP contribution is -2.30. The lowest BCUT2D eigenvalue weighted by atomic mass is 10.3. The molecule has 0 aliphatic carbocycles. The quantitative estimate of drug-likeness (QED) is 0.834. The molecule has 0 saturated carbocycles. The molecule has 0 radical (unpaired) electrons. The third-order valence-corrected chi connectivity index (χ3v) is 3.22. The van der Waals surface area contributed by atoms with E-state index in [-0.39, 0.29) is 6.03 Å². The van der Waals surface area contributed by atoms with Gasteiger partial charge in [0.2, 0.25) is 0 Å². The van der Waals surface area contributed by atoms with E-state index in [0.29, 0.717) is 17.9 Å². The first kappa shape index (κ1) is 12.4. The maximum absolute atomic E-state index is 11.9. The van der Waals surface area contributed by atoms with Crippen LogP contribution in [0.3, 0.4) is 0 Å². The second kappa shape index (κ2) is 5.55. The highest BCUT2D eigenvalue weighted by Gasteiger charge is 2.09. The highest BCUT2D eigenvalue weighted by atomic mass is 32.1. The van der Waals surface area contributed by atoms with E-state index in [1.807, 2.05) is 29.0 Å². The van der Waals surface area contributed by atoms with Crippen LogP contribution in [0.15, 0.2) is 41.1 Å². The number of amides is 2. The Kier molecular flexibility index (Phi) is 3.84. The topological polar surface area (TPSA) is 58.4 Å². The average molecular weight is 261 g/mol. The highest BCUT2D eigenvalue weighted by molar-refractivity contribution is 7.07. The van der Waals surface area contributed by atoms with E-state index in [4.69, 9.17) is 5.73 Å². The van der Waals surface area contributed by atoms with Crippen LogP contribution >= 0.6 is 11.3 Å². The summed E-state index contributed by atoms with van der Waals surface area (Å²) in [6.07, 6.45) is 0. The number of nitrogens with zero attached hydrogens (tertiary/aromatic N) is 1. The largest absolute Gasteiger partial charge is 0.399 e. The van der Waals surface area contributed by atoms with Crippen molar-refractivity contribution in [2.75, 3.05) is 18.1 Å². The van der Waals surface area contributed by atoms with Crippen molar-refractivity contribution in [1.29, 1.82) is 0 Å². The molecule has 1 heterocycles. The number of urea groups is 1. The summed E-state index contributed by atoms with van der Waals surface area (Å²) in [5.74, 6) is 0. The lowest BCUT2D eigenvalue weighted by Gasteiger charge is -2.17. The summed E-state index contributed by atoms with van der Waals surface area (Å²) in [6, 6.07) is 9.00. The summed E-state index contributed by atoms with van der Waals surface area (Å²) in [5, 5.41) is 6.84. The molecular weight excluding hydrogens is 246 g/mol. The second-order valence-corrected chi connectivity index (χ2v) is 4.82. The molecule has 0 saturated heterocycles. The molecule has 0 atom stereocenters. The Morgan fingerprint density at radius 2 is 2.28 bits per heavy atom. The summed E-state index contributed by atoms with van der Waals surface area (Å²) in [6.45, 7) is 0.595. The Balaban J connectivity index is 1.95. The van der Waals surface area contributed by atoms with Crippen molar-refractivity contribution in [3.8, 4) is 0 Å². The zero-order chi connectivity index (χ0) is 13.0. The maximum atomic E-state index is 11.9. The number of benzene rings is 1. The molecule has 0 spiro atoms. The molecule has 0 aliphatic rings. The van der Waals surface area contributed by atoms with Crippen LogP contribution in [0, 0.1) is 0 Å². The summed E-state index contributed by atoms with van der Waals surface area (Å²) in [4.78, 5) is 13.6. The molecule has 2 aromatic rings. The average Bonchev–Trinajstić information content (AvgIpc) is 2.81. The molecule has 0 unspecified atom stereocenters. The Hall–Kier alpha value is -2.01. The van der Waals surface area contributed by atoms with Gasteiger partial charge in [-0.1, -0.05) is 6.07 Å². The van der Waals surface area contributed by atoms with Crippen LogP contribution < -0.4 is 11.1 Å². The Morgan fingerprint density at radius 1 is 1.44 bits per heavy atom. The normalized spacial score (nSPS) is 10.1. The molecule has 1 aromatic carbocycles. The van der Waals surface area contributed by atoms with Gasteiger partial charge in [-0.15, -0.1) is 0 Å². The van der Waals surface area contributed by atoms with Gasteiger partial charge >= 0.3 is 6.03 Å². The van der Waals surface area contributed by atoms with E-state index in [1.165, 1.54) is 0 Å². The van der Waals surface area contributed by atoms with Crippen molar-refractivity contribution >= 4 is 28.7 Å². The van der Waals surface area contributed by atoms with E-state index in [0.717, 1.165) is 5.56 Å². The van der Waals surface area contributed by atoms with Crippen LogP contribution in [0.4, 0.5) is 16.2 Å². The van der Waals surface area contributed by atoms with E-state index in [2.05, 4.69) is 5.32 Å². The standard InChI is InChI=1S/C13H15N3OS/c1-16(8-10-5-6-18-9-10)13(17)15-12-4-2-3-11(14)7-12/h2-7,9H,8,14H2,1H3,(H,15,17). The number of nitrogen functional groups attached to an aromatic ring is 1. The van der Waals surface area contributed by atoms with E-state index >= 15 is 0 Å². The minimum Gasteiger partial charge on any atom is -0.399 e. The molecule has 0 bridgehead atoms. The molecule has 0 fully saturated rings. The van der Waals surface area contributed by atoms with Gasteiger partial charge in [0.1, 0.15) is 0 Å². The number of rotatable bonds is 3. The predicted octanol–water partition coefficient (Wildman–Crippen LogP) is 2.99. The first-order valence-electron chi connectivity index (χ1n) is 5.54. The SMILES string of the molecule is CN(Cc1ccsc1)C(=O)Nc1cccc(N)c1. The summed E-state index contributed by atoms with van der Waals surface area (Å²) >= 11 is 1.62. The summed E-state index contributed by atoms with van der Waals surface area (Å²) in [5.41, 5.74) is 8.12. The van der Waals surface area contributed by atoms with Crippen LogP contribution in [-0.4, -0.2) is 18.0 Å². The van der Waals surface area contributed by atoms with Crippen molar-refractivity contribution in [1.82, 2.24) is 4.90 Å². The Morgan fingerprint density at radius 3 is 2.94 bits per heavy atom. The summed E-state index contributed by atoms with van der Waals surface area (Å²) < 4.78 is 0. The molecule has 18 heavy (non-hydrogen) atoms. The van der Waals surface area contributed by atoms with Gasteiger partial charge in [-0.2, -0.15) is 11.3 Å². The molecule has 5 heteroatoms. The van der Waals surface area contributed by atoms with Gasteiger partial charge in [-0.05, 0) is 40.6 Å². The zero-order valence-electron chi connectivity index (χ0n) is 10.1. The summed E-state index contributed by atoms with van der Waals surface area (Å²) in [7, 11) is 1.76. The molecule has 3 N–H and O–H groups in total. The lowest BCUT2D eigenvalue weighted by molar-refractivity contribution is 0.221. The number of thiophene rings is 1. The number of carbonyl (C=O) groups is 1. The molecule has 1 aromatic heterocycles. The van der Waals surface area contributed by atoms with E-state index in [9.17, 15) is 4.79 Å². The second-order valence-electron chi connectivity index (χ2n) is 4.04. The van der Waals surface area contributed by atoms with Crippen LogP contribution in [0.1, 0.15) is 5.56 Å². The van der Waals surface area contributed by atoms with Gasteiger partial charge < -0.3 is 16.0 Å². The molecule has 4 nitrogen and oxygen atoms in total. The Bertz CT molecular complexity index is 525. The first-order chi connectivity index (χ1) is 8.65. The fourth-order valence-electron chi connectivity index (χ4n) is 1.56. The van der Waals surface area contributed by atoms with Crippen LogP contribution in [0.2, 0.25) is 0 Å². The smallest absolute Gasteiger partial charge is 0.321 e. The van der Waals surface area contributed by atoms with Gasteiger partial charge in [0.25, 0.3) is 0 Å². The third kappa shape index (κ3) is 3.24. The number of hydrogen-bond donors (Lipinski definition) is 2. The monoisotopic (exact) mass is 261 g/mol. The first-order valence-corrected chi connectivity index (χ1v) is 6.48. The Labute approximate surface area is 110 Å².